The lowest BCUT2D eigenvalue weighted by Gasteiger charge is -2.14. The number of halogens is 3. The number of carbonyl (C=O) groups excluding carboxylic acids is 1. The van der Waals surface area contributed by atoms with E-state index in [1.165, 1.54) is 0 Å². The Bertz CT molecular complexity index is 528. The number of alkyl halides is 3. The lowest BCUT2D eigenvalue weighted by atomic mass is 10.1. The van der Waals surface area contributed by atoms with Crippen molar-refractivity contribution in [3.8, 4) is 0 Å². The fourth-order valence-corrected chi connectivity index (χ4v) is 2.77. The van der Waals surface area contributed by atoms with Crippen LogP contribution >= 0.6 is 0 Å². The molecular weight excluding hydrogens is 281 g/mol. The van der Waals surface area contributed by atoms with E-state index < -0.39 is 17.6 Å². The van der Waals surface area contributed by atoms with Crippen LogP contribution in [0.2, 0.25) is 0 Å². The summed E-state index contributed by atoms with van der Waals surface area (Å²) in [6.45, 7) is 2.64. The standard InChI is InChI=1S/C15H19F3N2O/c1-9-2-3-10(6-9)8-20-14(21)12-7-11(15(16,17)18)4-5-13(12)19/h4-5,7,9-10H,2-3,6,8,19H2,1H3,(H,20,21). The second-order valence-electron chi connectivity index (χ2n) is 5.79. The summed E-state index contributed by atoms with van der Waals surface area (Å²) in [6.07, 6.45) is -1.27. The summed E-state index contributed by atoms with van der Waals surface area (Å²) in [6, 6.07) is 2.81. The van der Waals surface area contributed by atoms with Gasteiger partial charge in [0.2, 0.25) is 0 Å². The molecule has 1 amide bonds. The monoisotopic (exact) mass is 300 g/mol. The number of nitrogen functional groups attached to an aromatic ring is 1. The van der Waals surface area contributed by atoms with Gasteiger partial charge in [0, 0.05) is 12.2 Å². The zero-order chi connectivity index (χ0) is 15.6. The topological polar surface area (TPSA) is 55.1 Å². The first-order valence-corrected chi connectivity index (χ1v) is 7.02. The van der Waals surface area contributed by atoms with Gasteiger partial charge in [0.25, 0.3) is 5.91 Å². The number of amides is 1. The van der Waals surface area contributed by atoms with E-state index in [1.54, 1.807) is 0 Å². The van der Waals surface area contributed by atoms with Gasteiger partial charge in [-0.05, 0) is 42.9 Å². The SMILES string of the molecule is CC1CCC(CNC(=O)c2cc(C(F)(F)F)ccc2N)C1. The van der Waals surface area contributed by atoms with Crippen LogP contribution in [0.25, 0.3) is 0 Å². The highest BCUT2D eigenvalue weighted by molar-refractivity contribution is 5.99. The molecule has 1 fully saturated rings. The zero-order valence-corrected chi connectivity index (χ0v) is 11.8. The van der Waals surface area contributed by atoms with E-state index in [-0.39, 0.29) is 11.3 Å². The van der Waals surface area contributed by atoms with Crippen LogP contribution in [0.4, 0.5) is 18.9 Å². The quantitative estimate of drug-likeness (QED) is 0.840. The average molecular weight is 300 g/mol. The van der Waals surface area contributed by atoms with Gasteiger partial charge in [-0.25, -0.2) is 0 Å². The molecular formula is C15H19F3N2O. The van der Waals surface area contributed by atoms with Crippen molar-refractivity contribution in [1.29, 1.82) is 0 Å². The Hall–Kier alpha value is -1.72. The van der Waals surface area contributed by atoms with E-state index >= 15 is 0 Å². The Kier molecular flexibility index (Phi) is 4.44. The van der Waals surface area contributed by atoms with Crippen LogP contribution in [0.3, 0.4) is 0 Å². The highest BCUT2D eigenvalue weighted by Gasteiger charge is 2.31. The van der Waals surface area contributed by atoms with Gasteiger partial charge < -0.3 is 11.1 Å². The normalized spacial score (nSPS) is 22.3. The Labute approximate surface area is 121 Å². The van der Waals surface area contributed by atoms with E-state index in [2.05, 4.69) is 12.2 Å². The Morgan fingerprint density at radius 3 is 2.67 bits per heavy atom. The summed E-state index contributed by atoms with van der Waals surface area (Å²) in [5.41, 5.74) is 4.69. The van der Waals surface area contributed by atoms with Crippen molar-refractivity contribution in [3.63, 3.8) is 0 Å². The van der Waals surface area contributed by atoms with Gasteiger partial charge in [-0.1, -0.05) is 13.3 Å². The summed E-state index contributed by atoms with van der Waals surface area (Å²) in [7, 11) is 0. The minimum atomic E-state index is -4.48. The van der Waals surface area contributed by atoms with Gasteiger partial charge in [-0.15, -0.1) is 0 Å². The van der Waals surface area contributed by atoms with Gasteiger partial charge in [0.15, 0.2) is 0 Å². The van der Waals surface area contributed by atoms with Gasteiger partial charge in [-0.2, -0.15) is 13.2 Å². The molecule has 0 aliphatic heterocycles. The minimum Gasteiger partial charge on any atom is -0.398 e. The van der Waals surface area contributed by atoms with Crippen LogP contribution in [0, 0.1) is 11.8 Å². The Morgan fingerprint density at radius 1 is 1.38 bits per heavy atom. The molecule has 1 aromatic carbocycles. The van der Waals surface area contributed by atoms with E-state index in [9.17, 15) is 18.0 Å². The molecule has 1 aliphatic carbocycles. The summed E-state index contributed by atoms with van der Waals surface area (Å²) in [5.74, 6) is 0.500. The molecule has 0 aromatic heterocycles. The first-order chi connectivity index (χ1) is 9.77. The van der Waals surface area contributed by atoms with Crippen molar-refractivity contribution in [2.45, 2.75) is 32.4 Å². The molecule has 1 saturated carbocycles. The van der Waals surface area contributed by atoms with Crippen LogP contribution in [0.1, 0.15) is 42.1 Å². The summed E-state index contributed by atoms with van der Waals surface area (Å²) in [5, 5.41) is 2.69. The van der Waals surface area contributed by atoms with E-state index in [0.717, 1.165) is 37.5 Å². The molecule has 2 atom stereocenters. The molecule has 0 heterocycles. The van der Waals surface area contributed by atoms with Crippen LogP contribution in [-0.2, 0) is 6.18 Å². The average Bonchev–Trinajstić information content (AvgIpc) is 2.81. The lowest BCUT2D eigenvalue weighted by molar-refractivity contribution is -0.137. The number of carbonyl (C=O) groups is 1. The van der Waals surface area contributed by atoms with Crippen LogP contribution in [-0.4, -0.2) is 12.5 Å². The lowest BCUT2D eigenvalue weighted by Crippen LogP contribution is -2.29. The maximum atomic E-state index is 12.7. The number of hydrogen-bond acceptors (Lipinski definition) is 2. The highest BCUT2D eigenvalue weighted by atomic mass is 19.4. The minimum absolute atomic E-state index is 0.0558. The Balaban J connectivity index is 2.04. The van der Waals surface area contributed by atoms with Crippen molar-refractivity contribution in [2.75, 3.05) is 12.3 Å². The molecule has 116 valence electrons. The predicted molar refractivity (Wildman–Crippen MR) is 74.7 cm³/mol. The van der Waals surface area contributed by atoms with Gasteiger partial charge >= 0.3 is 6.18 Å². The maximum absolute atomic E-state index is 12.7. The Morgan fingerprint density at radius 2 is 2.10 bits per heavy atom. The molecule has 2 rings (SSSR count). The highest BCUT2D eigenvalue weighted by Crippen LogP contribution is 2.32. The number of benzene rings is 1. The van der Waals surface area contributed by atoms with Crippen LogP contribution in [0.15, 0.2) is 18.2 Å². The third-order valence-electron chi connectivity index (χ3n) is 3.98. The summed E-state index contributed by atoms with van der Waals surface area (Å²) < 4.78 is 38.0. The molecule has 6 heteroatoms. The largest absolute Gasteiger partial charge is 0.416 e. The maximum Gasteiger partial charge on any atom is 0.416 e. The first kappa shape index (κ1) is 15.7. The molecule has 0 bridgehead atoms. The number of nitrogens with one attached hydrogen (secondary N) is 1. The fraction of sp³-hybridized carbons (Fsp3) is 0.533. The number of anilines is 1. The molecule has 1 aromatic rings. The zero-order valence-electron chi connectivity index (χ0n) is 11.8. The van der Waals surface area contributed by atoms with Crippen LogP contribution < -0.4 is 11.1 Å². The van der Waals surface area contributed by atoms with Crippen LogP contribution in [0.5, 0.6) is 0 Å². The van der Waals surface area contributed by atoms with Gasteiger partial charge in [0.05, 0.1) is 11.1 Å². The summed E-state index contributed by atoms with van der Waals surface area (Å²) >= 11 is 0. The molecule has 0 spiro atoms. The second-order valence-corrected chi connectivity index (χ2v) is 5.79. The van der Waals surface area contributed by atoms with Crippen molar-refractivity contribution in [1.82, 2.24) is 5.32 Å². The fourth-order valence-electron chi connectivity index (χ4n) is 2.77. The van der Waals surface area contributed by atoms with Crippen molar-refractivity contribution < 1.29 is 18.0 Å². The number of hydrogen-bond donors (Lipinski definition) is 2. The second kappa shape index (κ2) is 5.95. The van der Waals surface area contributed by atoms with Gasteiger partial charge in [0.1, 0.15) is 0 Å². The molecule has 1 aliphatic rings. The molecule has 21 heavy (non-hydrogen) atoms. The number of rotatable bonds is 3. The predicted octanol–water partition coefficient (Wildman–Crippen LogP) is 3.45. The smallest absolute Gasteiger partial charge is 0.398 e. The molecule has 0 radical (unpaired) electrons. The molecule has 2 unspecified atom stereocenters. The molecule has 3 nitrogen and oxygen atoms in total. The third-order valence-corrected chi connectivity index (χ3v) is 3.98. The van der Waals surface area contributed by atoms with E-state index in [0.29, 0.717) is 18.4 Å². The third kappa shape index (κ3) is 3.89. The number of nitrogens with two attached hydrogens (primary N) is 1. The summed E-state index contributed by atoms with van der Waals surface area (Å²) in [4.78, 5) is 12.0. The van der Waals surface area contributed by atoms with Crippen molar-refractivity contribution in [2.24, 2.45) is 11.8 Å². The molecule has 0 saturated heterocycles. The first-order valence-electron chi connectivity index (χ1n) is 7.02. The van der Waals surface area contributed by atoms with Gasteiger partial charge in [-0.3, -0.25) is 4.79 Å². The van der Waals surface area contributed by atoms with Crippen molar-refractivity contribution >= 4 is 11.6 Å². The van der Waals surface area contributed by atoms with E-state index in [4.69, 9.17) is 5.73 Å². The van der Waals surface area contributed by atoms with E-state index in [1.807, 2.05) is 0 Å². The van der Waals surface area contributed by atoms with Crippen molar-refractivity contribution in [3.05, 3.63) is 29.3 Å². The molecule has 3 N–H and O–H groups in total.